The summed E-state index contributed by atoms with van der Waals surface area (Å²) in [5.41, 5.74) is -0.183. The Hall–Kier alpha value is -1.82. The van der Waals surface area contributed by atoms with Crippen LogP contribution in [0.3, 0.4) is 0 Å². The molecule has 0 unspecified atom stereocenters. The van der Waals surface area contributed by atoms with Crippen LogP contribution < -0.4 is 0 Å². The molecule has 1 aromatic heterocycles. The van der Waals surface area contributed by atoms with Crippen LogP contribution in [-0.4, -0.2) is 11.1 Å². The number of rotatable bonds is 2. The fraction of sp³-hybridized carbons (Fsp3) is 0.154. The van der Waals surface area contributed by atoms with Crippen LogP contribution in [0.25, 0.3) is 10.4 Å². The molecule has 0 amide bonds. The molecule has 0 radical (unpaired) electrons. The van der Waals surface area contributed by atoms with Gasteiger partial charge in [0.05, 0.1) is 5.56 Å². The first-order valence-electron chi connectivity index (χ1n) is 5.30. The highest BCUT2D eigenvalue weighted by molar-refractivity contribution is 7.17. The van der Waals surface area contributed by atoms with Crippen molar-refractivity contribution in [2.45, 2.75) is 13.1 Å². The number of benzene rings is 1. The molecular weight excluding hydrogens is 277 g/mol. The topological polar surface area (TPSA) is 37.3 Å². The molecule has 2 aromatic rings. The zero-order chi connectivity index (χ0) is 14.2. The van der Waals surface area contributed by atoms with Gasteiger partial charge in [-0.05, 0) is 36.2 Å². The molecule has 0 aliphatic rings. The Labute approximate surface area is 111 Å². The molecule has 6 heteroatoms. The molecule has 1 heterocycles. The van der Waals surface area contributed by atoms with Crippen molar-refractivity contribution in [2.24, 2.45) is 0 Å². The summed E-state index contributed by atoms with van der Waals surface area (Å²) >= 11 is 0.952. The molecule has 100 valence electrons. The lowest BCUT2D eigenvalue weighted by Crippen LogP contribution is -2.07. The highest BCUT2D eigenvalue weighted by atomic mass is 32.1. The minimum absolute atomic E-state index is 0.101. The van der Waals surface area contributed by atoms with E-state index in [9.17, 15) is 18.0 Å². The monoisotopic (exact) mass is 286 g/mol. The fourth-order valence-electron chi connectivity index (χ4n) is 1.69. The van der Waals surface area contributed by atoms with Crippen LogP contribution in [0.15, 0.2) is 30.3 Å². The maximum absolute atomic E-state index is 12.8. The van der Waals surface area contributed by atoms with Crippen LogP contribution in [0.5, 0.6) is 0 Å². The summed E-state index contributed by atoms with van der Waals surface area (Å²) in [5, 5.41) is 8.80. The summed E-state index contributed by atoms with van der Waals surface area (Å²) in [4.78, 5) is 11.4. The maximum Gasteiger partial charge on any atom is 0.416 e. The van der Waals surface area contributed by atoms with Crippen molar-refractivity contribution in [3.8, 4) is 10.4 Å². The minimum atomic E-state index is -4.41. The van der Waals surface area contributed by atoms with Gasteiger partial charge in [0, 0.05) is 4.88 Å². The van der Waals surface area contributed by atoms with Crippen molar-refractivity contribution >= 4 is 17.3 Å². The van der Waals surface area contributed by atoms with Crippen molar-refractivity contribution in [3.05, 3.63) is 46.3 Å². The van der Waals surface area contributed by atoms with Crippen molar-refractivity contribution in [1.29, 1.82) is 0 Å². The lowest BCUT2D eigenvalue weighted by molar-refractivity contribution is -0.138. The van der Waals surface area contributed by atoms with Crippen molar-refractivity contribution in [2.75, 3.05) is 0 Å². The molecular formula is C13H9F3O2S. The Morgan fingerprint density at radius 2 is 1.89 bits per heavy atom. The van der Waals surface area contributed by atoms with Crippen LogP contribution in [0.4, 0.5) is 13.2 Å². The largest absolute Gasteiger partial charge is 0.477 e. The van der Waals surface area contributed by atoms with Crippen LogP contribution in [0, 0.1) is 6.92 Å². The Morgan fingerprint density at radius 3 is 2.42 bits per heavy atom. The lowest BCUT2D eigenvalue weighted by atomic mass is 10.0. The first-order valence-corrected chi connectivity index (χ1v) is 6.12. The first-order chi connectivity index (χ1) is 8.79. The number of alkyl halides is 3. The zero-order valence-corrected chi connectivity index (χ0v) is 10.6. The van der Waals surface area contributed by atoms with Gasteiger partial charge >= 0.3 is 12.1 Å². The highest BCUT2D eigenvalue weighted by Gasteiger charge is 2.32. The second-order valence-corrected chi connectivity index (χ2v) is 5.08. The minimum Gasteiger partial charge on any atom is -0.477 e. The lowest BCUT2D eigenvalue weighted by Gasteiger charge is -2.11. The standard InChI is InChI=1S/C13H9F3O2S/c1-7-2-3-8(6-9(7)13(14,15)16)10-4-5-11(19-10)12(17)18/h2-6H,1H3,(H,17,18). The van der Waals surface area contributed by atoms with Crippen LogP contribution in [0.1, 0.15) is 20.8 Å². The predicted octanol–water partition coefficient (Wildman–Crippen LogP) is 4.44. The van der Waals surface area contributed by atoms with Gasteiger partial charge in [-0.15, -0.1) is 11.3 Å². The summed E-state index contributed by atoms with van der Waals surface area (Å²) in [6, 6.07) is 6.89. The molecule has 2 nitrogen and oxygen atoms in total. The third-order valence-electron chi connectivity index (χ3n) is 2.64. The summed E-state index contributed by atoms with van der Waals surface area (Å²) in [6.45, 7) is 1.39. The van der Waals surface area contributed by atoms with Gasteiger partial charge in [-0.3, -0.25) is 0 Å². The van der Waals surface area contributed by atoms with Crippen molar-refractivity contribution < 1.29 is 23.1 Å². The van der Waals surface area contributed by atoms with Crippen LogP contribution >= 0.6 is 11.3 Å². The van der Waals surface area contributed by atoms with Gasteiger partial charge in [-0.25, -0.2) is 4.79 Å². The molecule has 19 heavy (non-hydrogen) atoms. The van der Waals surface area contributed by atoms with E-state index in [1.54, 1.807) is 6.07 Å². The number of aryl methyl sites for hydroxylation is 1. The predicted molar refractivity (Wildman–Crippen MR) is 66.5 cm³/mol. The van der Waals surface area contributed by atoms with E-state index in [1.807, 2.05) is 0 Å². The summed E-state index contributed by atoms with van der Waals surface area (Å²) in [6.07, 6.45) is -4.41. The van der Waals surface area contributed by atoms with Crippen LogP contribution in [-0.2, 0) is 6.18 Å². The molecule has 0 fully saturated rings. The summed E-state index contributed by atoms with van der Waals surface area (Å²) in [5.74, 6) is -1.08. The smallest absolute Gasteiger partial charge is 0.416 e. The molecule has 0 saturated carbocycles. The van der Waals surface area contributed by atoms with Crippen molar-refractivity contribution in [1.82, 2.24) is 0 Å². The van der Waals surface area contributed by atoms with Gasteiger partial charge in [0.25, 0.3) is 0 Å². The highest BCUT2D eigenvalue weighted by Crippen LogP contribution is 2.36. The van der Waals surface area contributed by atoms with E-state index < -0.39 is 17.7 Å². The zero-order valence-electron chi connectivity index (χ0n) is 9.78. The molecule has 1 aromatic carbocycles. The number of hydrogen-bond donors (Lipinski definition) is 1. The van der Waals surface area contributed by atoms with E-state index in [0.29, 0.717) is 10.4 Å². The molecule has 0 bridgehead atoms. The van der Waals surface area contributed by atoms with Gasteiger partial charge in [-0.1, -0.05) is 12.1 Å². The SMILES string of the molecule is Cc1ccc(-c2ccc(C(=O)O)s2)cc1C(F)(F)F. The number of thiophene rings is 1. The average molecular weight is 286 g/mol. The average Bonchev–Trinajstić information content (AvgIpc) is 2.77. The van der Waals surface area contributed by atoms with E-state index in [0.717, 1.165) is 17.4 Å². The molecule has 0 aliphatic carbocycles. The van der Waals surface area contributed by atoms with Gasteiger partial charge in [0.2, 0.25) is 0 Å². The van der Waals surface area contributed by atoms with Crippen molar-refractivity contribution in [3.63, 3.8) is 0 Å². The summed E-state index contributed by atoms with van der Waals surface area (Å²) < 4.78 is 38.4. The Bertz CT molecular complexity index is 629. The molecule has 0 spiro atoms. The second kappa shape index (κ2) is 4.70. The Kier molecular flexibility index (Phi) is 3.36. The fourth-order valence-corrected chi connectivity index (χ4v) is 2.53. The Morgan fingerprint density at radius 1 is 1.21 bits per heavy atom. The number of carbonyl (C=O) groups is 1. The van der Waals surface area contributed by atoms with E-state index in [-0.39, 0.29) is 10.4 Å². The summed E-state index contributed by atoms with van der Waals surface area (Å²) in [7, 11) is 0. The number of hydrogen-bond acceptors (Lipinski definition) is 2. The third kappa shape index (κ3) is 2.78. The number of carboxylic acids is 1. The number of aromatic carboxylic acids is 1. The van der Waals surface area contributed by atoms with E-state index in [1.165, 1.54) is 25.1 Å². The second-order valence-electron chi connectivity index (χ2n) is 4.00. The van der Waals surface area contributed by atoms with E-state index >= 15 is 0 Å². The van der Waals surface area contributed by atoms with Gasteiger partial charge < -0.3 is 5.11 Å². The molecule has 0 atom stereocenters. The number of carboxylic acid groups (broad SMARTS) is 1. The Balaban J connectivity index is 2.48. The quantitative estimate of drug-likeness (QED) is 0.886. The molecule has 1 N–H and O–H groups in total. The van der Waals surface area contributed by atoms with Gasteiger partial charge in [0.15, 0.2) is 0 Å². The third-order valence-corrected chi connectivity index (χ3v) is 3.77. The van der Waals surface area contributed by atoms with E-state index in [2.05, 4.69) is 0 Å². The first kappa shape index (κ1) is 13.6. The molecule has 0 aliphatic heterocycles. The van der Waals surface area contributed by atoms with Crippen LogP contribution in [0.2, 0.25) is 0 Å². The normalized spacial score (nSPS) is 11.6. The van der Waals surface area contributed by atoms with E-state index in [4.69, 9.17) is 5.11 Å². The van der Waals surface area contributed by atoms with Gasteiger partial charge in [0.1, 0.15) is 4.88 Å². The van der Waals surface area contributed by atoms with Gasteiger partial charge in [-0.2, -0.15) is 13.2 Å². The number of halogens is 3. The molecule has 0 saturated heterocycles. The molecule has 2 rings (SSSR count). The maximum atomic E-state index is 12.8.